The van der Waals surface area contributed by atoms with Crippen LogP contribution in [0.2, 0.25) is 0 Å². The number of aromatic nitrogens is 2. The molecule has 1 heterocycles. The van der Waals surface area contributed by atoms with E-state index in [9.17, 15) is 4.79 Å². The van der Waals surface area contributed by atoms with Gasteiger partial charge in [0.2, 0.25) is 0 Å². The Morgan fingerprint density at radius 2 is 2.39 bits per heavy atom. The first kappa shape index (κ1) is 16.5. The fourth-order valence-corrected chi connectivity index (χ4v) is 1.95. The van der Waals surface area contributed by atoms with Crippen molar-refractivity contribution in [3.8, 4) is 6.07 Å². The van der Waals surface area contributed by atoms with Gasteiger partial charge in [-0.25, -0.2) is 0 Å². The highest BCUT2D eigenvalue weighted by molar-refractivity contribution is 5.97. The summed E-state index contributed by atoms with van der Waals surface area (Å²) in [5, 5.41) is 22.5. The highest BCUT2D eigenvalue weighted by Gasteiger charge is 2.08. The Kier molecular flexibility index (Phi) is 6.15. The SMILES string of the molecule is CCOCCCNC(=O)/C(C#N)=C\Nc1ccc2cn[nH]c2c1. The summed E-state index contributed by atoms with van der Waals surface area (Å²) in [5.41, 5.74) is 1.66. The lowest BCUT2D eigenvalue weighted by atomic mass is 10.2. The standard InChI is InChI=1S/C16H19N5O2/c1-2-23-7-3-6-18-16(22)13(9-17)10-19-14-5-4-12-11-20-21-15(12)8-14/h4-5,8,10-11,19H,2-3,6-7H2,1H3,(H,18,22)(H,20,21)/b13-10-. The van der Waals surface area contributed by atoms with E-state index in [0.29, 0.717) is 26.2 Å². The lowest BCUT2D eigenvalue weighted by Gasteiger charge is -2.05. The van der Waals surface area contributed by atoms with E-state index in [4.69, 9.17) is 10.00 Å². The summed E-state index contributed by atoms with van der Waals surface area (Å²) in [6, 6.07) is 7.49. The van der Waals surface area contributed by atoms with E-state index in [1.165, 1.54) is 6.20 Å². The third kappa shape index (κ3) is 4.83. The van der Waals surface area contributed by atoms with Crippen LogP contribution in [0.25, 0.3) is 10.9 Å². The number of benzene rings is 1. The number of hydrogen-bond acceptors (Lipinski definition) is 5. The molecule has 120 valence electrons. The third-order valence-corrected chi connectivity index (χ3v) is 3.15. The van der Waals surface area contributed by atoms with Crippen LogP contribution >= 0.6 is 0 Å². The zero-order valence-electron chi connectivity index (χ0n) is 12.9. The molecule has 2 aromatic rings. The van der Waals surface area contributed by atoms with Gasteiger partial charge in [-0.15, -0.1) is 0 Å². The van der Waals surface area contributed by atoms with E-state index in [2.05, 4.69) is 20.8 Å². The van der Waals surface area contributed by atoms with Gasteiger partial charge in [0, 0.05) is 37.0 Å². The molecular formula is C16H19N5O2. The summed E-state index contributed by atoms with van der Waals surface area (Å²) in [6.45, 7) is 3.63. The van der Waals surface area contributed by atoms with Crippen LogP contribution in [0.3, 0.4) is 0 Å². The molecular weight excluding hydrogens is 294 g/mol. The Bertz CT molecular complexity index is 729. The normalized spacial score (nSPS) is 11.2. The Labute approximate surface area is 134 Å². The second-order valence-electron chi connectivity index (χ2n) is 4.79. The number of carbonyl (C=O) groups is 1. The van der Waals surface area contributed by atoms with Crippen LogP contribution in [-0.2, 0) is 9.53 Å². The quantitative estimate of drug-likeness (QED) is 0.392. The van der Waals surface area contributed by atoms with E-state index in [0.717, 1.165) is 16.6 Å². The Hall–Kier alpha value is -2.85. The molecule has 0 unspecified atom stereocenters. The zero-order chi connectivity index (χ0) is 16.5. The van der Waals surface area contributed by atoms with Gasteiger partial charge in [0.05, 0.1) is 11.7 Å². The molecule has 3 N–H and O–H groups in total. The van der Waals surface area contributed by atoms with Crippen LogP contribution in [0.1, 0.15) is 13.3 Å². The molecule has 0 saturated carbocycles. The maximum atomic E-state index is 11.9. The van der Waals surface area contributed by atoms with Crippen molar-refractivity contribution >= 4 is 22.5 Å². The molecule has 0 aliphatic heterocycles. The fourth-order valence-electron chi connectivity index (χ4n) is 1.95. The molecule has 0 radical (unpaired) electrons. The first-order chi connectivity index (χ1) is 11.2. The van der Waals surface area contributed by atoms with Gasteiger partial charge in [0.25, 0.3) is 5.91 Å². The molecule has 0 fully saturated rings. The maximum absolute atomic E-state index is 11.9. The summed E-state index contributed by atoms with van der Waals surface area (Å²) in [5.74, 6) is -0.404. The van der Waals surface area contributed by atoms with Crippen molar-refractivity contribution in [3.05, 3.63) is 36.2 Å². The topological polar surface area (TPSA) is 103 Å². The number of nitrogens with zero attached hydrogens (tertiary/aromatic N) is 2. The van der Waals surface area contributed by atoms with E-state index in [1.54, 1.807) is 6.20 Å². The van der Waals surface area contributed by atoms with E-state index >= 15 is 0 Å². The molecule has 0 saturated heterocycles. The molecule has 0 bridgehead atoms. The monoisotopic (exact) mass is 313 g/mol. The predicted molar refractivity (Wildman–Crippen MR) is 87.5 cm³/mol. The zero-order valence-corrected chi connectivity index (χ0v) is 12.9. The summed E-state index contributed by atoms with van der Waals surface area (Å²) in [4.78, 5) is 11.9. The highest BCUT2D eigenvalue weighted by Crippen LogP contribution is 2.16. The van der Waals surface area contributed by atoms with Gasteiger partial charge in [0.15, 0.2) is 0 Å². The molecule has 1 aromatic heterocycles. The second kappa shape index (κ2) is 8.56. The molecule has 1 aromatic carbocycles. The molecule has 0 aliphatic carbocycles. The second-order valence-corrected chi connectivity index (χ2v) is 4.79. The first-order valence-corrected chi connectivity index (χ1v) is 7.40. The van der Waals surface area contributed by atoms with Crippen LogP contribution in [0, 0.1) is 11.3 Å². The molecule has 0 atom stereocenters. The van der Waals surface area contributed by atoms with Crippen molar-refractivity contribution in [2.75, 3.05) is 25.1 Å². The minimum absolute atomic E-state index is 0.0196. The van der Waals surface area contributed by atoms with Gasteiger partial charge in [0.1, 0.15) is 11.6 Å². The summed E-state index contributed by atoms with van der Waals surface area (Å²) >= 11 is 0. The minimum atomic E-state index is -0.404. The van der Waals surface area contributed by atoms with Gasteiger partial charge in [-0.3, -0.25) is 9.89 Å². The van der Waals surface area contributed by atoms with Crippen molar-refractivity contribution in [2.45, 2.75) is 13.3 Å². The molecule has 1 amide bonds. The minimum Gasteiger partial charge on any atom is -0.382 e. The lowest BCUT2D eigenvalue weighted by Crippen LogP contribution is -2.26. The molecule has 23 heavy (non-hydrogen) atoms. The fraction of sp³-hybridized carbons (Fsp3) is 0.312. The van der Waals surface area contributed by atoms with Crippen LogP contribution in [0.5, 0.6) is 0 Å². The number of H-pyrrole nitrogens is 1. The molecule has 0 spiro atoms. The molecule has 7 heteroatoms. The number of rotatable bonds is 8. The van der Waals surface area contributed by atoms with Gasteiger partial charge in [-0.05, 0) is 31.5 Å². The Morgan fingerprint density at radius 3 is 3.17 bits per heavy atom. The number of hydrogen-bond donors (Lipinski definition) is 3. The first-order valence-electron chi connectivity index (χ1n) is 7.40. The van der Waals surface area contributed by atoms with Gasteiger partial charge < -0.3 is 15.4 Å². The number of nitrogens with one attached hydrogen (secondary N) is 3. The van der Waals surface area contributed by atoms with Crippen molar-refractivity contribution in [3.63, 3.8) is 0 Å². The number of nitriles is 1. The molecule has 0 aliphatic rings. The summed E-state index contributed by atoms with van der Waals surface area (Å²) < 4.78 is 5.18. The van der Waals surface area contributed by atoms with Gasteiger partial charge in [-0.2, -0.15) is 10.4 Å². The lowest BCUT2D eigenvalue weighted by molar-refractivity contribution is -0.117. The van der Waals surface area contributed by atoms with Crippen molar-refractivity contribution in [1.29, 1.82) is 5.26 Å². The van der Waals surface area contributed by atoms with Crippen molar-refractivity contribution in [1.82, 2.24) is 15.5 Å². The van der Waals surface area contributed by atoms with Gasteiger partial charge >= 0.3 is 0 Å². The Morgan fingerprint density at radius 1 is 1.52 bits per heavy atom. The number of carbonyl (C=O) groups excluding carboxylic acids is 1. The summed E-state index contributed by atoms with van der Waals surface area (Å²) in [7, 11) is 0. The van der Waals surface area contributed by atoms with Crippen LogP contribution < -0.4 is 10.6 Å². The number of amides is 1. The van der Waals surface area contributed by atoms with Crippen molar-refractivity contribution in [2.24, 2.45) is 0 Å². The molecule has 2 rings (SSSR count). The number of fused-ring (bicyclic) bond motifs is 1. The van der Waals surface area contributed by atoms with Crippen LogP contribution in [-0.4, -0.2) is 35.9 Å². The van der Waals surface area contributed by atoms with Crippen LogP contribution in [0.4, 0.5) is 5.69 Å². The molecule has 7 nitrogen and oxygen atoms in total. The van der Waals surface area contributed by atoms with E-state index in [-0.39, 0.29) is 5.57 Å². The predicted octanol–water partition coefficient (Wildman–Crippen LogP) is 1.93. The largest absolute Gasteiger partial charge is 0.382 e. The van der Waals surface area contributed by atoms with E-state index < -0.39 is 5.91 Å². The number of anilines is 1. The van der Waals surface area contributed by atoms with Crippen LogP contribution in [0.15, 0.2) is 36.2 Å². The van der Waals surface area contributed by atoms with Gasteiger partial charge in [-0.1, -0.05) is 0 Å². The number of aromatic amines is 1. The average molecular weight is 313 g/mol. The Balaban J connectivity index is 1.90. The third-order valence-electron chi connectivity index (χ3n) is 3.15. The number of ether oxygens (including phenoxy) is 1. The average Bonchev–Trinajstić information content (AvgIpc) is 3.03. The van der Waals surface area contributed by atoms with E-state index in [1.807, 2.05) is 31.2 Å². The smallest absolute Gasteiger partial charge is 0.263 e. The maximum Gasteiger partial charge on any atom is 0.263 e. The van der Waals surface area contributed by atoms with Crippen molar-refractivity contribution < 1.29 is 9.53 Å². The highest BCUT2D eigenvalue weighted by atomic mass is 16.5. The summed E-state index contributed by atoms with van der Waals surface area (Å²) in [6.07, 6.45) is 3.84.